The summed E-state index contributed by atoms with van der Waals surface area (Å²) in [5.41, 5.74) is 0. The Morgan fingerprint density at radius 2 is 1.76 bits per heavy atom. The molecule has 3 rings (SSSR count). The molecule has 2 amide bonds. The number of urea groups is 1. The quantitative estimate of drug-likeness (QED) is 0.840. The van der Waals surface area contributed by atoms with E-state index in [9.17, 15) is 9.90 Å². The number of hydrogen-bond acceptors (Lipinski definition) is 2. The third-order valence-electron chi connectivity index (χ3n) is 5.72. The lowest BCUT2D eigenvalue weighted by Crippen LogP contribution is -2.53. The van der Waals surface area contributed by atoms with Gasteiger partial charge in [0.2, 0.25) is 0 Å². The largest absolute Gasteiger partial charge is 0.393 e. The number of carbonyl (C=O) groups excluding carboxylic acids is 1. The van der Waals surface area contributed by atoms with Crippen molar-refractivity contribution in [2.24, 2.45) is 5.92 Å². The molecule has 1 saturated carbocycles. The Kier molecular flexibility index (Phi) is 4.72. The van der Waals surface area contributed by atoms with E-state index in [2.05, 4.69) is 12.2 Å². The van der Waals surface area contributed by atoms with E-state index in [4.69, 9.17) is 0 Å². The maximum atomic E-state index is 12.6. The molecule has 120 valence electrons. The summed E-state index contributed by atoms with van der Waals surface area (Å²) in [7, 11) is 0. The third kappa shape index (κ3) is 3.53. The summed E-state index contributed by atoms with van der Waals surface area (Å²) in [6.07, 6.45) is 11.3. The van der Waals surface area contributed by atoms with Crippen LogP contribution in [0.4, 0.5) is 4.79 Å². The van der Waals surface area contributed by atoms with Crippen LogP contribution >= 0.6 is 0 Å². The van der Waals surface area contributed by atoms with E-state index in [1.165, 1.54) is 32.1 Å². The molecule has 2 aliphatic heterocycles. The smallest absolute Gasteiger partial charge is 0.318 e. The monoisotopic (exact) mass is 294 g/mol. The van der Waals surface area contributed by atoms with Crippen LogP contribution in [0.15, 0.2) is 0 Å². The lowest BCUT2D eigenvalue weighted by Gasteiger charge is -2.38. The number of hydrogen-bond donors (Lipinski definition) is 2. The molecule has 2 N–H and O–H groups in total. The number of nitrogens with zero attached hydrogens (tertiary/aromatic N) is 1. The highest BCUT2D eigenvalue weighted by atomic mass is 16.3. The van der Waals surface area contributed by atoms with Crippen LogP contribution in [-0.4, -0.2) is 40.3 Å². The first-order chi connectivity index (χ1) is 10.1. The molecule has 4 heteroatoms. The van der Waals surface area contributed by atoms with E-state index in [1.54, 1.807) is 0 Å². The normalized spacial score (nSPS) is 34.8. The molecule has 3 aliphatic rings. The fourth-order valence-corrected chi connectivity index (χ4v) is 4.75. The number of aliphatic hydroxyl groups excluding tert-OH is 1. The number of piperidine rings is 1. The van der Waals surface area contributed by atoms with E-state index < -0.39 is 0 Å². The lowest BCUT2D eigenvalue weighted by molar-refractivity contribution is 0.0533. The standard InChI is InChI=1S/C17H30N2O2/c1-12(9-13-5-3-2-4-6-13)18-17(21)19-14-7-8-15(19)11-16(20)10-14/h12-16,20H,2-11H2,1H3,(H,18,21)/t12-,14+,15+/m1/s1. The second-order valence-electron chi connectivity index (χ2n) is 7.51. The van der Waals surface area contributed by atoms with Gasteiger partial charge in [-0.25, -0.2) is 4.79 Å². The van der Waals surface area contributed by atoms with Crippen LogP contribution < -0.4 is 5.32 Å². The summed E-state index contributed by atoms with van der Waals surface area (Å²) in [5, 5.41) is 13.0. The average molecular weight is 294 g/mol. The third-order valence-corrected chi connectivity index (χ3v) is 5.72. The first-order valence-corrected chi connectivity index (χ1v) is 8.90. The van der Waals surface area contributed by atoms with Crippen LogP contribution in [0.5, 0.6) is 0 Å². The van der Waals surface area contributed by atoms with Gasteiger partial charge in [0.1, 0.15) is 0 Å². The predicted octanol–water partition coefficient (Wildman–Crippen LogP) is 3.04. The Hall–Kier alpha value is -0.770. The summed E-state index contributed by atoms with van der Waals surface area (Å²) in [6.45, 7) is 2.15. The first-order valence-electron chi connectivity index (χ1n) is 8.90. The van der Waals surface area contributed by atoms with Gasteiger partial charge < -0.3 is 15.3 Å². The molecule has 3 fully saturated rings. The fourth-order valence-electron chi connectivity index (χ4n) is 4.75. The van der Waals surface area contributed by atoms with E-state index in [-0.39, 0.29) is 30.3 Å². The Morgan fingerprint density at radius 3 is 2.38 bits per heavy atom. The van der Waals surface area contributed by atoms with Gasteiger partial charge in [-0.05, 0) is 44.9 Å². The number of fused-ring (bicyclic) bond motifs is 2. The molecule has 2 saturated heterocycles. The SMILES string of the molecule is C[C@H](CC1CCCCC1)NC(=O)N1[C@H]2CC[C@H]1CC(O)C2. The van der Waals surface area contributed by atoms with Gasteiger partial charge in [0, 0.05) is 18.1 Å². The highest BCUT2D eigenvalue weighted by molar-refractivity contribution is 5.75. The minimum atomic E-state index is -0.203. The molecular weight excluding hydrogens is 264 g/mol. The number of rotatable bonds is 3. The molecule has 0 aromatic rings. The summed E-state index contributed by atoms with van der Waals surface area (Å²) in [4.78, 5) is 14.6. The van der Waals surface area contributed by atoms with Crippen molar-refractivity contribution in [3.63, 3.8) is 0 Å². The van der Waals surface area contributed by atoms with Gasteiger partial charge >= 0.3 is 6.03 Å². The zero-order valence-electron chi connectivity index (χ0n) is 13.3. The first kappa shape index (κ1) is 15.1. The van der Waals surface area contributed by atoms with E-state index >= 15 is 0 Å². The number of carbonyl (C=O) groups is 1. The average Bonchev–Trinajstić information content (AvgIpc) is 2.72. The molecule has 2 heterocycles. The topological polar surface area (TPSA) is 52.6 Å². The minimum Gasteiger partial charge on any atom is -0.393 e. The summed E-state index contributed by atoms with van der Waals surface area (Å²) in [5.74, 6) is 0.800. The lowest BCUT2D eigenvalue weighted by atomic mass is 9.85. The second-order valence-corrected chi connectivity index (χ2v) is 7.51. The van der Waals surface area contributed by atoms with Gasteiger partial charge in [-0.3, -0.25) is 0 Å². The molecule has 1 aliphatic carbocycles. The van der Waals surface area contributed by atoms with E-state index in [0.717, 1.165) is 38.0 Å². The predicted molar refractivity (Wildman–Crippen MR) is 83.1 cm³/mol. The Morgan fingerprint density at radius 1 is 1.14 bits per heavy atom. The summed E-state index contributed by atoms with van der Waals surface area (Å²) in [6, 6.07) is 0.908. The molecule has 2 bridgehead atoms. The van der Waals surface area contributed by atoms with Crippen LogP contribution in [-0.2, 0) is 0 Å². The Labute approximate surface area is 128 Å². The van der Waals surface area contributed by atoms with Crippen molar-refractivity contribution in [2.45, 2.75) is 95.4 Å². The minimum absolute atomic E-state index is 0.109. The molecule has 3 atom stereocenters. The van der Waals surface area contributed by atoms with Gasteiger partial charge in [0.25, 0.3) is 0 Å². The maximum absolute atomic E-state index is 12.6. The van der Waals surface area contributed by atoms with E-state index in [1.807, 2.05) is 4.90 Å². The molecule has 0 aromatic carbocycles. The molecule has 0 unspecified atom stereocenters. The van der Waals surface area contributed by atoms with Crippen molar-refractivity contribution in [3.05, 3.63) is 0 Å². The van der Waals surface area contributed by atoms with Gasteiger partial charge in [-0.2, -0.15) is 0 Å². The number of aliphatic hydroxyl groups is 1. The van der Waals surface area contributed by atoms with Crippen molar-refractivity contribution in [1.82, 2.24) is 10.2 Å². The summed E-state index contributed by atoms with van der Waals surface area (Å²) < 4.78 is 0. The van der Waals surface area contributed by atoms with Gasteiger partial charge in [-0.1, -0.05) is 32.1 Å². The number of amides is 2. The maximum Gasteiger partial charge on any atom is 0.318 e. The highest BCUT2D eigenvalue weighted by Gasteiger charge is 2.42. The number of nitrogens with one attached hydrogen (secondary N) is 1. The zero-order valence-corrected chi connectivity index (χ0v) is 13.3. The van der Waals surface area contributed by atoms with Gasteiger partial charge in [0.05, 0.1) is 6.10 Å². The van der Waals surface area contributed by atoms with Crippen LogP contribution in [0.25, 0.3) is 0 Å². The summed E-state index contributed by atoms with van der Waals surface area (Å²) >= 11 is 0. The Bertz CT molecular complexity index is 354. The highest BCUT2D eigenvalue weighted by Crippen LogP contribution is 2.35. The van der Waals surface area contributed by atoms with Crippen molar-refractivity contribution >= 4 is 6.03 Å². The van der Waals surface area contributed by atoms with Crippen LogP contribution in [0.2, 0.25) is 0 Å². The Balaban J connectivity index is 1.49. The molecule has 0 aromatic heterocycles. The van der Waals surface area contributed by atoms with Gasteiger partial charge in [0.15, 0.2) is 0 Å². The van der Waals surface area contributed by atoms with Crippen LogP contribution in [0.3, 0.4) is 0 Å². The van der Waals surface area contributed by atoms with Crippen LogP contribution in [0.1, 0.15) is 71.1 Å². The van der Waals surface area contributed by atoms with E-state index in [0.29, 0.717) is 0 Å². The fraction of sp³-hybridized carbons (Fsp3) is 0.941. The molecule has 0 radical (unpaired) electrons. The van der Waals surface area contributed by atoms with Crippen molar-refractivity contribution < 1.29 is 9.90 Å². The molecular formula is C17H30N2O2. The second kappa shape index (κ2) is 6.55. The van der Waals surface area contributed by atoms with Crippen LogP contribution in [0, 0.1) is 5.92 Å². The van der Waals surface area contributed by atoms with Crippen molar-refractivity contribution in [2.75, 3.05) is 0 Å². The van der Waals surface area contributed by atoms with Gasteiger partial charge in [-0.15, -0.1) is 0 Å². The molecule has 4 nitrogen and oxygen atoms in total. The van der Waals surface area contributed by atoms with Crippen molar-refractivity contribution in [3.8, 4) is 0 Å². The zero-order chi connectivity index (χ0) is 14.8. The molecule has 21 heavy (non-hydrogen) atoms. The van der Waals surface area contributed by atoms with Crippen molar-refractivity contribution in [1.29, 1.82) is 0 Å². The molecule has 0 spiro atoms.